The molecule has 0 aromatic rings. The van der Waals surface area contributed by atoms with Crippen LogP contribution in [-0.2, 0) is 9.53 Å². The van der Waals surface area contributed by atoms with Crippen molar-refractivity contribution in [1.82, 2.24) is 5.32 Å². The molecule has 112 valence electrons. The normalized spacial score (nSPS) is 18.4. The molecule has 3 nitrogen and oxygen atoms in total. The van der Waals surface area contributed by atoms with E-state index in [1.54, 1.807) is 0 Å². The summed E-state index contributed by atoms with van der Waals surface area (Å²) in [5, 5.41) is 3.46. The van der Waals surface area contributed by atoms with Crippen molar-refractivity contribution in [2.75, 3.05) is 18.1 Å². The monoisotopic (exact) mass is 287 g/mol. The maximum atomic E-state index is 12.1. The summed E-state index contributed by atoms with van der Waals surface area (Å²) in [4.78, 5) is 12.1. The number of nitrogens with one attached hydrogen (secondary N) is 1. The van der Waals surface area contributed by atoms with Gasteiger partial charge in [0.1, 0.15) is 5.54 Å². The van der Waals surface area contributed by atoms with E-state index in [0.29, 0.717) is 12.6 Å². The van der Waals surface area contributed by atoms with Crippen LogP contribution in [0.4, 0.5) is 0 Å². The molecule has 1 unspecified atom stereocenters. The van der Waals surface area contributed by atoms with Crippen molar-refractivity contribution in [3.05, 3.63) is 0 Å². The zero-order valence-corrected chi connectivity index (χ0v) is 13.6. The second kappa shape index (κ2) is 8.15. The van der Waals surface area contributed by atoms with Gasteiger partial charge >= 0.3 is 5.97 Å². The van der Waals surface area contributed by atoms with Crippen molar-refractivity contribution in [1.29, 1.82) is 0 Å². The summed E-state index contributed by atoms with van der Waals surface area (Å²) >= 11 is 1.94. The van der Waals surface area contributed by atoms with Crippen molar-refractivity contribution in [2.45, 2.75) is 65.0 Å². The number of carbonyl (C=O) groups is 1. The maximum absolute atomic E-state index is 12.1. The van der Waals surface area contributed by atoms with Gasteiger partial charge in [0.2, 0.25) is 0 Å². The van der Waals surface area contributed by atoms with Crippen molar-refractivity contribution < 1.29 is 9.53 Å². The highest BCUT2D eigenvalue weighted by atomic mass is 32.2. The molecule has 0 saturated heterocycles. The Hall–Kier alpha value is -0.220. The number of rotatable bonds is 10. The van der Waals surface area contributed by atoms with Crippen LogP contribution in [0.1, 0.15) is 53.4 Å². The molecule has 1 atom stereocenters. The predicted octanol–water partition coefficient (Wildman–Crippen LogP) is 3.23. The quantitative estimate of drug-likeness (QED) is 0.494. The molecule has 0 aromatic carbocycles. The molecule has 0 spiro atoms. The Bertz CT molecular complexity index is 279. The third-order valence-electron chi connectivity index (χ3n) is 3.41. The molecule has 1 saturated carbocycles. The lowest BCUT2D eigenvalue weighted by molar-refractivity contribution is -0.150. The molecule has 1 aliphatic rings. The van der Waals surface area contributed by atoms with Gasteiger partial charge in [-0.1, -0.05) is 13.8 Å². The highest BCUT2D eigenvalue weighted by molar-refractivity contribution is 7.99. The number of thioether (sulfide) groups is 1. The first-order valence-corrected chi connectivity index (χ1v) is 8.66. The molecule has 19 heavy (non-hydrogen) atoms. The summed E-state index contributed by atoms with van der Waals surface area (Å²) < 4.78 is 5.22. The first-order chi connectivity index (χ1) is 8.98. The molecule has 0 heterocycles. The summed E-state index contributed by atoms with van der Waals surface area (Å²) in [5.41, 5.74) is -0.498. The Kier molecular flexibility index (Phi) is 7.22. The number of esters is 1. The van der Waals surface area contributed by atoms with Crippen LogP contribution < -0.4 is 5.32 Å². The third kappa shape index (κ3) is 6.66. The van der Waals surface area contributed by atoms with Gasteiger partial charge in [-0.05, 0) is 57.0 Å². The molecule has 1 fully saturated rings. The van der Waals surface area contributed by atoms with Gasteiger partial charge < -0.3 is 4.74 Å². The molecule has 1 N–H and O–H groups in total. The SMILES string of the molecule is CCOC(=O)C(C)(CCSCCC(C)C)NC1CC1. The van der Waals surface area contributed by atoms with E-state index < -0.39 is 5.54 Å². The maximum Gasteiger partial charge on any atom is 0.326 e. The van der Waals surface area contributed by atoms with Gasteiger partial charge in [0, 0.05) is 6.04 Å². The van der Waals surface area contributed by atoms with Crippen molar-refractivity contribution in [2.24, 2.45) is 5.92 Å². The Labute approximate surface area is 122 Å². The lowest BCUT2D eigenvalue weighted by atomic mass is 9.99. The Morgan fingerprint density at radius 2 is 2.11 bits per heavy atom. The predicted molar refractivity (Wildman–Crippen MR) is 82.6 cm³/mol. The smallest absolute Gasteiger partial charge is 0.326 e. The van der Waals surface area contributed by atoms with Crippen LogP contribution in [0.3, 0.4) is 0 Å². The minimum absolute atomic E-state index is 0.0913. The molecule has 1 rings (SSSR count). The van der Waals surface area contributed by atoms with Crippen LogP contribution in [0.2, 0.25) is 0 Å². The zero-order chi connectivity index (χ0) is 14.3. The number of carbonyl (C=O) groups excluding carboxylic acids is 1. The van der Waals surface area contributed by atoms with Gasteiger partial charge in [0.15, 0.2) is 0 Å². The molecular weight excluding hydrogens is 258 g/mol. The van der Waals surface area contributed by atoms with Crippen molar-refractivity contribution in [3.63, 3.8) is 0 Å². The fraction of sp³-hybridized carbons (Fsp3) is 0.933. The van der Waals surface area contributed by atoms with Crippen LogP contribution in [-0.4, -0.2) is 35.7 Å². The van der Waals surface area contributed by atoms with E-state index >= 15 is 0 Å². The fourth-order valence-corrected chi connectivity index (χ4v) is 3.29. The number of hydrogen-bond donors (Lipinski definition) is 1. The largest absolute Gasteiger partial charge is 0.465 e. The first-order valence-electron chi connectivity index (χ1n) is 7.50. The second-order valence-corrected chi connectivity index (χ2v) is 7.24. The summed E-state index contributed by atoms with van der Waals surface area (Å²) in [5.74, 6) is 2.86. The average molecular weight is 287 g/mol. The Balaban J connectivity index is 2.33. The van der Waals surface area contributed by atoms with Gasteiger partial charge in [-0.3, -0.25) is 10.1 Å². The highest BCUT2D eigenvalue weighted by Crippen LogP contribution is 2.26. The van der Waals surface area contributed by atoms with Crippen LogP contribution in [0.15, 0.2) is 0 Å². The van der Waals surface area contributed by atoms with E-state index in [2.05, 4.69) is 19.2 Å². The van der Waals surface area contributed by atoms with Crippen LogP contribution in [0.25, 0.3) is 0 Å². The molecule has 0 radical (unpaired) electrons. The number of hydrogen-bond acceptors (Lipinski definition) is 4. The van der Waals surface area contributed by atoms with Crippen molar-refractivity contribution in [3.8, 4) is 0 Å². The Morgan fingerprint density at radius 1 is 1.42 bits per heavy atom. The van der Waals surface area contributed by atoms with E-state index in [-0.39, 0.29) is 5.97 Å². The summed E-state index contributed by atoms with van der Waals surface area (Å²) in [6, 6.07) is 0.523. The van der Waals surface area contributed by atoms with Crippen LogP contribution >= 0.6 is 11.8 Å². The molecule has 0 amide bonds. The second-order valence-electron chi connectivity index (χ2n) is 6.02. The van der Waals surface area contributed by atoms with Gasteiger partial charge in [-0.15, -0.1) is 0 Å². The summed E-state index contributed by atoms with van der Waals surface area (Å²) in [6.45, 7) is 8.82. The molecule has 0 bridgehead atoms. The van der Waals surface area contributed by atoms with E-state index in [0.717, 1.165) is 18.1 Å². The van der Waals surface area contributed by atoms with Crippen LogP contribution in [0, 0.1) is 5.92 Å². The summed E-state index contributed by atoms with van der Waals surface area (Å²) in [7, 11) is 0. The number of ether oxygens (including phenoxy) is 1. The van der Waals surface area contributed by atoms with E-state index in [4.69, 9.17) is 4.74 Å². The van der Waals surface area contributed by atoms with Gasteiger partial charge in [-0.2, -0.15) is 11.8 Å². The molecule has 0 aromatic heterocycles. The fourth-order valence-electron chi connectivity index (χ4n) is 1.90. The minimum Gasteiger partial charge on any atom is -0.465 e. The zero-order valence-electron chi connectivity index (χ0n) is 12.8. The van der Waals surface area contributed by atoms with Gasteiger partial charge in [0.05, 0.1) is 6.61 Å². The molecule has 0 aliphatic heterocycles. The van der Waals surface area contributed by atoms with E-state index in [1.807, 2.05) is 25.6 Å². The summed E-state index contributed by atoms with van der Waals surface area (Å²) in [6.07, 6.45) is 4.48. The van der Waals surface area contributed by atoms with Crippen molar-refractivity contribution >= 4 is 17.7 Å². The Morgan fingerprint density at radius 3 is 2.63 bits per heavy atom. The highest BCUT2D eigenvalue weighted by Gasteiger charge is 2.39. The van der Waals surface area contributed by atoms with E-state index in [9.17, 15) is 4.79 Å². The van der Waals surface area contributed by atoms with Gasteiger partial charge in [-0.25, -0.2) is 0 Å². The molecule has 1 aliphatic carbocycles. The van der Waals surface area contributed by atoms with Crippen LogP contribution in [0.5, 0.6) is 0 Å². The van der Waals surface area contributed by atoms with Gasteiger partial charge in [0.25, 0.3) is 0 Å². The molecular formula is C15H29NO2S. The average Bonchev–Trinajstić information content (AvgIpc) is 3.12. The third-order valence-corrected chi connectivity index (χ3v) is 4.43. The standard InChI is InChI=1S/C15H29NO2S/c1-5-18-14(17)15(4,16-13-6-7-13)9-11-19-10-8-12(2)3/h12-13,16H,5-11H2,1-4H3. The minimum atomic E-state index is -0.498. The first kappa shape index (κ1) is 16.8. The molecule has 4 heteroatoms. The topological polar surface area (TPSA) is 38.3 Å². The lowest BCUT2D eigenvalue weighted by Gasteiger charge is -2.28. The lowest BCUT2D eigenvalue weighted by Crippen LogP contribution is -2.52. The van der Waals surface area contributed by atoms with E-state index in [1.165, 1.54) is 25.0 Å².